The SMILES string of the molecule is NCCNC(=O)C(=O)N1CCN2C(=O)CCC2C1. The van der Waals surface area contributed by atoms with Gasteiger partial charge in [-0.3, -0.25) is 14.4 Å². The summed E-state index contributed by atoms with van der Waals surface area (Å²) in [5, 5.41) is 2.46. The van der Waals surface area contributed by atoms with Crippen LogP contribution in [0.15, 0.2) is 0 Å². The summed E-state index contributed by atoms with van der Waals surface area (Å²) in [6.45, 7) is 2.02. The van der Waals surface area contributed by atoms with Crippen LogP contribution in [-0.4, -0.2) is 66.3 Å². The summed E-state index contributed by atoms with van der Waals surface area (Å²) in [6, 6.07) is 0.0810. The first-order chi connectivity index (χ1) is 8.63. The Labute approximate surface area is 105 Å². The van der Waals surface area contributed by atoms with E-state index in [9.17, 15) is 14.4 Å². The molecule has 0 spiro atoms. The van der Waals surface area contributed by atoms with Crippen LogP contribution in [0.25, 0.3) is 0 Å². The van der Waals surface area contributed by atoms with Crippen molar-refractivity contribution < 1.29 is 14.4 Å². The van der Waals surface area contributed by atoms with E-state index in [-0.39, 0.29) is 11.9 Å². The topological polar surface area (TPSA) is 95.7 Å². The largest absolute Gasteiger partial charge is 0.347 e. The lowest BCUT2D eigenvalue weighted by molar-refractivity contribution is -0.148. The van der Waals surface area contributed by atoms with Gasteiger partial charge in [0.2, 0.25) is 5.91 Å². The molecule has 2 fully saturated rings. The minimum absolute atomic E-state index is 0.0810. The Morgan fingerprint density at radius 3 is 2.89 bits per heavy atom. The minimum Gasteiger partial charge on any atom is -0.347 e. The summed E-state index contributed by atoms with van der Waals surface area (Å²) in [6.07, 6.45) is 1.32. The zero-order valence-electron chi connectivity index (χ0n) is 10.2. The number of carbonyl (C=O) groups is 3. The third-order valence-corrected chi connectivity index (χ3v) is 3.41. The molecule has 0 aliphatic carbocycles. The van der Waals surface area contributed by atoms with E-state index in [0.717, 1.165) is 6.42 Å². The lowest BCUT2D eigenvalue weighted by atomic mass is 10.1. The van der Waals surface area contributed by atoms with Gasteiger partial charge in [-0.2, -0.15) is 0 Å². The Morgan fingerprint density at radius 1 is 1.39 bits per heavy atom. The smallest absolute Gasteiger partial charge is 0.312 e. The van der Waals surface area contributed by atoms with Crippen molar-refractivity contribution in [2.75, 3.05) is 32.7 Å². The predicted molar refractivity (Wildman–Crippen MR) is 63.4 cm³/mol. The minimum atomic E-state index is -0.613. The first-order valence-corrected chi connectivity index (χ1v) is 6.20. The third-order valence-electron chi connectivity index (χ3n) is 3.41. The van der Waals surface area contributed by atoms with Crippen molar-refractivity contribution in [1.82, 2.24) is 15.1 Å². The van der Waals surface area contributed by atoms with E-state index < -0.39 is 11.8 Å². The third kappa shape index (κ3) is 2.45. The highest BCUT2D eigenvalue weighted by molar-refractivity contribution is 6.35. The highest BCUT2D eigenvalue weighted by atomic mass is 16.2. The molecule has 0 aromatic carbocycles. The molecule has 0 aromatic rings. The van der Waals surface area contributed by atoms with Crippen molar-refractivity contribution >= 4 is 17.7 Å². The fourth-order valence-corrected chi connectivity index (χ4v) is 2.45. The molecule has 0 radical (unpaired) electrons. The molecule has 18 heavy (non-hydrogen) atoms. The standard InChI is InChI=1S/C11H18N4O3/c12-3-4-13-10(17)11(18)14-5-6-15-8(7-14)1-2-9(15)16/h8H,1-7,12H2,(H,13,17). The summed E-state index contributed by atoms with van der Waals surface area (Å²) < 4.78 is 0. The van der Waals surface area contributed by atoms with Crippen LogP contribution < -0.4 is 11.1 Å². The molecule has 1 atom stereocenters. The Hall–Kier alpha value is -1.63. The average Bonchev–Trinajstić information content (AvgIpc) is 2.76. The van der Waals surface area contributed by atoms with Crippen LogP contribution in [0.2, 0.25) is 0 Å². The van der Waals surface area contributed by atoms with Gasteiger partial charge in [0.25, 0.3) is 0 Å². The van der Waals surface area contributed by atoms with E-state index >= 15 is 0 Å². The van der Waals surface area contributed by atoms with Gasteiger partial charge in [0.05, 0.1) is 0 Å². The number of hydrogen-bond donors (Lipinski definition) is 2. The van der Waals surface area contributed by atoms with Crippen LogP contribution in [0.5, 0.6) is 0 Å². The van der Waals surface area contributed by atoms with E-state index in [2.05, 4.69) is 5.32 Å². The number of nitrogens with zero attached hydrogens (tertiary/aromatic N) is 2. The second-order valence-electron chi connectivity index (χ2n) is 4.58. The summed E-state index contributed by atoms with van der Waals surface area (Å²) >= 11 is 0. The van der Waals surface area contributed by atoms with Crippen LogP contribution >= 0.6 is 0 Å². The first kappa shape index (κ1) is 12.8. The number of nitrogens with one attached hydrogen (secondary N) is 1. The number of piperazine rings is 1. The Bertz CT molecular complexity index is 371. The summed E-state index contributed by atoms with van der Waals surface area (Å²) in [5.74, 6) is -0.986. The molecule has 7 heteroatoms. The first-order valence-electron chi connectivity index (χ1n) is 6.20. The van der Waals surface area contributed by atoms with Crippen LogP contribution in [0.1, 0.15) is 12.8 Å². The molecule has 3 N–H and O–H groups in total. The lowest BCUT2D eigenvalue weighted by Crippen LogP contribution is -2.56. The molecular formula is C11H18N4O3. The molecule has 0 saturated carbocycles. The number of carbonyl (C=O) groups excluding carboxylic acids is 3. The van der Waals surface area contributed by atoms with Gasteiger partial charge in [0.15, 0.2) is 0 Å². The van der Waals surface area contributed by atoms with E-state index in [0.29, 0.717) is 39.1 Å². The van der Waals surface area contributed by atoms with E-state index in [1.807, 2.05) is 4.90 Å². The molecule has 2 aliphatic heterocycles. The summed E-state index contributed by atoms with van der Waals surface area (Å²) in [4.78, 5) is 38.2. The van der Waals surface area contributed by atoms with Crippen molar-refractivity contribution in [1.29, 1.82) is 0 Å². The number of nitrogens with two attached hydrogens (primary N) is 1. The fourth-order valence-electron chi connectivity index (χ4n) is 2.45. The van der Waals surface area contributed by atoms with E-state index in [1.165, 1.54) is 4.90 Å². The van der Waals surface area contributed by atoms with Crippen molar-refractivity contribution in [3.05, 3.63) is 0 Å². The molecule has 1 unspecified atom stereocenters. The molecule has 100 valence electrons. The molecular weight excluding hydrogens is 236 g/mol. The number of fused-ring (bicyclic) bond motifs is 1. The van der Waals surface area contributed by atoms with E-state index in [1.54, 1.807) is 0 Å². The molecule has 2 aliphatic rings. The molecule has 0 aromatic heterocycles. The maximum Gasteiger partial charge on any atom is 0.312 e. The highest BCUT2D eigenvalue weighted by Gasteiger charge is 2.37. The van der Waals surface area contributed by atoms with Gasteiger partial charge < -0.3 is 20.9 Å². The number of amides is 3. The molecule has 2 saturated heterocycles. The van der Waals surface area contributed by atoms with Crippen molar-refractivity contribution in [2.45, 2.75) is 18.9 Å². The van der Waals surface area contributed by atoms with Crippen molar-refractivity contribution in [3.8, 4) is 0 Å². The van der Waals surface area contributed by atoms with Crippen molar-refractivity contribution in [2.24, 2.45) is 5.73 Å². The van der Waals surface area contributed by atoms with Gasteiger partial charge in [0, 0.05) is 45.2 Å². The molecule has 3 amide bonds. The van der Waals surface area contributed by atoms with Gasteiger partial charge >= 0.3 is 11.8 Å². The number of rotatable bonds is 2. The van der Waals surface area contributed by atoms with Gasteiger partial charge in [0.1, 0.15) is 0 Å². The predicted octanol–water partition coefficient (Wildman–Crippen LogP) is -2.11. The molecule has 2 rings (SSSR count). The monoisotopic (exact) mass is 254 g/mol. The Morgan fingerprint density at radius 2 is 2.17 bits per heavy atom. The second kappa shape index (κ2) is 5.34. The van der Waals surface area contributed by atoms with Gasteiger partial charge in [-0.25, -0.2) is 0 Å². The molecule has 0 bridgehead atoms. The fraction of sp³-hybridized carbons (Fsp3) is 0.727. The zero-order valence-corrected chi connectivity index (χ0v) is 10.2. The van der Waals surface area contributed by atoms with Crippen LogP contribution in [-0.2, 0) is 14.4 Å². The van der Waals surface area contributed by atoms with Crippen LogP contribution in [0.4, 0.5) is 0 Å². The van der Waals surface area contributed by atoms with E-state index in [4.69, 9.17) is 5.73 Å². The van der Waals surface area contributed by atoms with Crippen molar-refractivity contribution in [3.63, 3.8) is 0 Å². The Kier molecular flexibility index (Phi) is 3.81. The Balaban J connectivity index is 1.89. The molecule has 2 heterocycles. The highest BCUT2D eigenvalue weighted by Crippen LogP contribution is 2.22. The normalized spacial score (nSPS) is 22.9. The lowest BCUT2D eigenvalue weighted by Gasteiger charge is -2.37. The van der Waals surface area contributed by atoms with Crippen LogP contribution in [0, 0.1) is 0 Å². The average molecular weight is 254 g/mol. The van der Waals surface area contributed by atoms with Gasteiger partial charge in [-0.1, -0.05) is 0 Å². The van der Waals surface area contributed by atoms with Gasteiger partial charge in [-0.15, -0.1) is 0 Å². The van der Waals surface area contributed by atoms with Gasteiger partial charge in [-0.05, 0) is 6.42 Å². The maximum absolute atomic E-state index is 11.8. The number of hydrogen-bond acceptors (Lipinski definition) is 4. The maximum atomic E-state index is 11.8. The molecule has 7 nitrogen and oxygen atoms in total. The summed E-state index contributed by atoms with van der Waals surface area (Å²) in [7, 11) is 0. The quantitative estimate of drug-likeness (QED) is 0.551. The zero-order chi connectivity index (χ0) is 13.1. The van der Waals surface area contributed by atoms with Crippen LogP contribution in [0.3, 0.4) is 0 Å². The second-order valence-corrected chi connectivity index (χ2v) is 4.58. The summed E-state index contributed by atoms with van der Waals surface area (Å²) in [5.41, 5.74) is 5.26.